The number of anilines is 2. The van der Waals surface area contributed by atoms with Crippen LogP contribution in [0.5, 0.6) is 0 Å². The summed E-state index contributed by atoms with van der Waals surface area (Å²) in [5, 5.41) is 2.78. The summed E-state index contributed by atoms with van der Waals surface area (Å²) in [6.45, 7) is 1.88. The minimum absolute atomic E-state index is 0.225. The summed E-state index contributed by atoms with van der Waals surface area (Å²) in [5.41, 5.74) is 1.89. The van der Waals surface area contributed by atoms with Crippen LogP contribution in [0.1, 0.15) is 23.2 Å². The second-order valence-corrected chi connectivity index (χ2v) is 6.60. The highest BCUT2D eigenvalue weighted by Gasteiger charge is 2.15. The third-order valence-corrected chi connectivity index (χ3v) is 4.37. The Morgan fingerprint density at radius 1 is 1.14 bits per heavy atom. The molecule has 1 aliphatic heterocycles. The fourth-order valence-corrected chi connectivity index (χ4v) is 3.18. The Labute approximate surface area is 142 Å². The Bertz CT molecular complexity index is 699. The third kappa shape index (κ3) is 3.58. The van der Waals surface area contributed by atoms with E-state index in [0.29, 0.717) is 11.3 Å². The van der Waals surface area contributed by atoms with E-state index in [4.69, 9.17) is 0 Å². The van der Waals surface area contributed by atoms with E-state index in [-0.39, 0.29) is 11.7 Å². The summed E-state index contributed by atoms with van der Waals surface area (Å²) in [6, 6.07) is 12.0. The average Bonchev–Trinajstić information content (AvgIpc) is 3.01. The molecule has 0 bridgehead atoms. The molecule has 2 aromatic carbocycles. The van der Waals surface area contributed by atoms with Crippen molar-refractivity contribution < 1.29 is 9.18 Å². The number of nitrogens with zero attached hydrogens (tertiary/aromatic N) is 1. The summed E-state index contributed by atoms with van der Waals surface area (Å²) >= 11 is 2.16. The number of carbonyl (C=O) groups is 1. The van der Waals surface area contributed by atoms with Crippen LogP contribution in [-0.2, 0) is 0 Å². The SMILES string of the molecule is O=C(Nc1cc(F)cc(N2CCCC2)c1)c1cccc(I)c1. The first-order valence-electron chi connectivity index (χ1n) is 7.24. The van der Waals surface area contributed by atoms with E-state index in [1.165, 1.54) is 12.1 Å². The van der Waals surface area contributed by atoms with Gasteiger partial charge < -0.3 is 10.2 Å². The molecule has 1 heterocycles. The van der Waals surface area contributed by atoms with Gasteiger partial charge in [0.2, 0.25) is 0 Å². The Hall–Kier alpha value is -1.63. The van der Waals surface area contributed by atoms with Crippen LogP contribution in [0.4, 0.5) is 15.8 Å². The van der Waals surface area contributed by atoms with Crippen LogP contribution in [0, 0.1) is 9.39 Å². The molecule has 3 nitrogen and oxygen atoms in total. The number of nitrogens with one attached hydrogen (secondary N) is 1. The Balaban J connectivity index is 1.81. The highest BCUT2D eigenvalue weighted by atomic mass is 127. The standard InChI is InChI=1S/C17H16FIN2O/c18-13-9-15(11-16(10-13)21-6-1-2-7-21)20-17(22)12-4-3-5-14(19)8-12/h3-5,8-11H,1-2,6-7H2,(H,20,22). The first-order valence-corrected chi connectivity index (χ1v) is 8.32. The van der Waals surface area contributed by atoms with Gasteiger partial charge in [-0.3, -0.25) is 4.79 Å². The van der Waals surface area contributed by atoms with Gasteiger partial charge in [-0.1, -0.05) is 6.07 Å². The van der Waals surface area contributed by atoms with Gasteiger partial charge in [0, 0.05) is 33.6 Å². The normalized spacial score (nSPS) is 14.2. The summed E-state index contributed by atoms with van der Waals surface area (Å²) < 4.78 is 14.8. The van der Waals surface area contributed by atoms with Crippen LogP contribution in [0.2, 0.25) is 0 Å². The van der Waals surface area contributed by atoms with Crippen molar-refractivity contribution in [3.8, 4) is 0 Å². The largest absolute Gasteiger partial charge is 0.371 e. The van der Waals surface area contributed by atoms with Gasteiger partial charge in [0.1, 0.15) is 5.82 Å². The predicted octanol–water partition coefficient (Wildman–Crippen LogP) is 4.28. The minimum atomic E-state index is -0.331. The van der Waals surface area contributed by atoms with E-state index >= 15 is 0 Å². The van der Waals surface area contributed by atoms with Crippen molar-refractivity contribution in [2.75, 3.05) is 23.3 Å². The molecule has 1 aliphatic rings. The van der Waals surface area contributed by atoms with Crippen LogP contribution < -0.4 is 10.2 Å². The summed E-state index contributed by atoms with van der Waals surface area (Å²) in [6.07, 6.45) is 2.25. The van der Waals surface area contributed by atoms with Crippen LogP contribution in [0.25, 0.3) is 0 Å². The van der Waals surface area contributed by atoms with Gasteiger partial charge in [-0.05, 0) is 71.8 Å². The molecule has 0 spiro atoms. The van der Waals surface area contributed by atoms with E-state index in [1.54, 1.807) is 12.1 Å². The second-order valence-electron chi connectivity index (χ2n) is 5.36. The van der Waals surface area contributed by atoms with Crippen molar-refractivity contribution in [2.45, 2.75) is 12.8 Å². The van der Waals surface area contributed by atoms with Crippen LogP contribution in [-0.4, -0.2) is 19.0 Å². The van der Waals surface area contributed by atoms with E-state index in [2.05, 4.69) is 32.8 Å². The van der Waals surface area contributed by atoms with Crippen LogP contribution in [0.3, 0.4) is 0 Å². The predicted molar refractivity (Wildman–Crippen MR) is 95.0 cm³/mol. The van der Waals surface area contributed by atoms with Crippen LogP contribution in [0.15, 0.2) is 42.5 Å². The van der Waals surface area contributed by atoms with Gasteiger partial charge in [-0.25, -0.2) is 4.39 Å². The van der Waals surface area contributed by atoms with E-state index in [9.17, 15) is 9.18 Å². The lowest BCUT2D eigenvalue weighted by Crippen LogP contribution is -2.18. The molecular formula is C17H16FIN2O. The first kappa shape index (κ1) is 15.3. The molecular weight excluding hydrogens is 394 g/mol. The third-order valence-electron chi connectivity index (χ3n) is 3.70. The lowest BCUT2D eigenvalue weighted by atomic mass is 10.2. The molecule has 0 unspecified atom stereocenters. The molecule has 1 N–H and O–H groups in total. The lowest BCUT2D eigenvalue weighted by molar-refractivity contribution is 0.102. The van der Waals surface area contributed by atoms with Crippen molar-refractivity contribution in [3.63, 3.8) is 0 Å². The van der Waals surface area contributed by atoms with Crippen molar-refractivity contribution in [1.29, 1.82) is 0 Å². The van der Waals surface area contributed by atoms with E-state index in [0.717, 1.165) is 35.2 Å². The maximum absolute atomic E-state index is 13.8. The Morgan fingerprint density at radius 2 is 1.91 bits per heavy atom. The molecule has 0 aromatic heterocycles. The highest BCUT2D eigenvalue weighted by Crippen LogP contribution is 2.25. The summed E-state index contributed by atoms with van der Waals surface area (Å²) in [4.78, 5) is 14.4. The zero-order valence-electron chi connectivity index (χ0n) is 12.0. The van der Waals surface area contributed by atoms with Gasteiger partial charge in [-0.15, -0.1) is 0 Å². The maximum Gasteiger partial charge on any atom is 0.255 e. The molecule has 1 amide bonds. The van der Waals surface area contributed by atoms with E-state index < -0.39 is 0 Å². The fourth-order valence-electron chi connectivity index (χ4n) is 2.64. The molecule has 114 valence electrons. The van der Waals surface area contributed by atoms with Crippen molar-refractivity contribution in [3.05, 3.63) is 57.4 Å². The molecule has 0 saturated carbocycles. The molecule has 2 aromatic rings. The van der Waals surface area contributed by atoms with Gasteiger partial charge in [-0.2, -0.15) is 0 Å². The number of rotatable bonds is 3. The molecule has 3 rings (SSSR count). The van der Waals surface area contributed by atoms with Crippen molar-refractivity contribution in [2.24, 2.45) is 0 Å². The smallest absolute Gasteiger partial charge is 0.255 e. The zero-order valence-corrected chi connectivity index (χ0v) is 14.1. The monoisotopic (exact) mass is 410 g/mol. The van der Waals surface area contributed by atoms with Gasteiger partial charge in [0.15, 0.2) is 0 Å². The highest BCUT2D eigenvalue weighted by molar-refractivity contribution is 14.1. The molecule has 1 fully saturated rings. The molecule has 1 saturated heterocycles. The lowest BCUT2D eigenvalue weighted by Gasteiger charge is -2.18. The Kier molecular flexibility index (Phi) is 4.61. The maximum atomic E-state index is 13.8. The number of benzene rings is 2. The molecule has 0 radical (unpaired) electrons. The fraction of sp³-hybridized carbons (Fsp3) is 0.235. The van der Waals surface area contributed by atoms with Gasteiger partial charge >= 0.3 is 0 Å². The van der Waals surface area contributed by atoms with Gasteiger partial charge in [0.05, 0.1) is 0 Å². The van der Waals surface area contributed by atoms with Gasteiger partial charge in [0.25, 0.3) is 5.91 Å². The van der Waals surface area contributed by atoms with Crippen molar-refractivity contribution in [1.82, 2.24) is 0 Å². The number of amides is 1. The van der Waals surface area contributed by atoms with Crippen LogP contribution >= 0.6 is 22.6 Å². The zero-order chi connectivity index (χ0) is 15.5. The van der Waals surface area contributed by atoms with E-state index in [1.807, 2.05) is 18.2 Å². The first-order chi connectivity index (χ1) is 10.6. The minimum Gasteiger partial charge on any atom is -0.371 e. The Morgan fingerprint density at radius 3 is 2.64 bits per heavy atom. The number of halogens is 2. The average molecular weight is 410 g/mol. The number of hydrogen-bond donors (Lipinski definition) is 1. The summed E-state index contributed by atoms with van der Waals surface area (Å²) in [5.74, 6) is -0.557. The number of hydrogen-bond acceptors (Lipinski definition) is 2. The summed E-state index contributed by atoms with van der Waals surface area (Å²) in [7, 11) is 0. The molecule has 0 atom stereocenters. The molecule has 5 heteroatoms. The quantitative estimate of drug-likeness (QED) is 0.767. The molecule has 22 heavy (non-hydrogen) atoms. The number of carbonyl (C=O) groups excluding carboxylic acids is 1. The topological polar surface area (TPSA) is 32.3 Å². The van der Waals surface area contributed by atoms with Crippen molar-refractivity contribution >= 4 is 39.9 Å². The second kappa shape index (κ2) is 6.64. The molecule has 0 aliphatic carbocycles.